The maximum Gasteiger partial charge on any atom is 0.314 e. The molecule has 460 valence electrons. The van der Waals surface area contributed by atoms with Crippen molar-refractivity contribution >= 4 is 17.8 Å². The van der Waals surface area contributed by atoms with Crippen LogP contribution in [-0.2, 0) is 0 Å². The van der Waals surface area contributed by atoms with Crippen LogP contribution in [0.4, 0.5) is 4.79 Å². The van der Waals surface area contributed by atoms with E-state index in [4.69, 9.17) is 28.4 Å². The number of rotatable bonds is 56. The van der Waals surface area contributed by atoms with Gasteiger partial charge in [-0.1, -0.05) is 234 Å². The van der Waals surface area contributed by atoms with Crippen molar-refractivity contribution < 1.29 is 42.8 Å². The van der Waals surface area contributed by atoms with Crippen LogP contribution < -0.4 is 49.7 Å². The van der Waals surface area contributed by atoms with Gasteiger partial charge in [0.2, 0.25) is 11.5 Å². The molecule has 0 fully saturated rings. The van der Waals surface area contributed by atoms with Crippen molar-refractivity contribution in [3.8, 4) is 34.5 Å². The van der Waals surface area contributed by atoms with Crippen molar-refractivity contribution in [3.63, 3.8) is 0 Å². The Labute approximate surface area is 488 Å². The number of carbonyl (C=O) groups is 3. The maximum atomic E-state index is 13.8. The van der Waals surface area contributed by atoms with Crippen molar-refractivity contribution in [1.82, 2.24) is 21.3 Å². The molecular weight excluding hydrogens is 1000 g/mol. The Kier molecular flexibility index (Phi) is 45.9. The summed E-state index contributed by atoms with van der Waals surface area (Å²) in [5, 5.41) is 11.6. The highest BCUT2D eigenvalue weighted by atomic mass is 16.5. The van der Waals surface area contributed by atoms with E-state index in [9.17, 15) is 14.4 Å². The van der Waals surface area contributed by atoms with Crippen LogP contribution >= 0.6 is 0 Å². The highest BCUT2D eigenvalue weighted by Crippen LogP contribution is 2.41. The standard InChI is InChI=1S/C67H118N4O9/c1-7-13-19-25-31-37-47-75-59-53-57(54-60(76-48-38-32-26-20-14-8-2)63(59)79-51-41-35-29-23-17-11-5)65(72)68-43-45-70-67(74)71-46-44-69-66(73)58-55-61(77-49-39-33-27-21-15-9-3)64(80-52-42-36-30-24-18-12-6)62(56-58)78-50-40-34-28-22-16-10-4/h53-56H,7-52H2,1-6H3,(H,68,72)(H,69,73)(H2,70,71,74). The number of hydrogen-bond donors (Lipinski definition) is 4. The number of ether oxygens (including phenoxy) is 6. The average Bonchev–Trinajstić information content (AvgIpc) is 3.47. The summed E-state index contributed by atoms with van der Waals surface area (Å²) < 4.78 is 38.6. The molecule has 0 radical (unpaired) electrons. The van der Waals surface area contributed by atoms with Crippen molar-refractivity contribution in [2.75, 3.05) is 65.8 Å². The zero-order chi connectivity index (χ0) is 57.8. The summed E-state index contributed by atoms with van der Waals surface area (Å²) >= 11 is 0. The van der Waals surface area contributed by atoms with Crippen molar-refractivity contribution in [1.29, 1.82) is 0 Å². The summed E-state index contributed by atoms with van der Waals surface area (Å²) in [6.45, 7) is 17.4. The predicted octanol–water partition coefficient (Wildman–Crippen LogP) is 17.6. The molecule has 2 rings (SSSR count). The first-order chi connectivity index (χ1) is 39.3. The SMILES string of the molecule is CCCCCCCCOc1cc(C(=O)NCCNC(=O)NCCNC(=O)c2cc(OCCCCCCCC)c(OCCCCCCCC)c(OCCCCCCCC)c2)cc(OCCCCCCCC)c1OCCCCCCCC. The molecule has 4 amide bonds. The lowest BCUT2D eigenvalue weighted by atomic mass is 10.1. The van der Waals surface area contributed by atoms with Gasteiger partial charge in [0.1, 0.15) is 0 Å². The van der Waals surface area contributed by atoms with Gasteiger partial charge in [0.15, 0.2) is 23.0 Å². The normalized spacial score (nSPS) is 11.1. The van der Waals surface area contributed by atoms with Gasteiger partial charge in [-0.15, -0.1) is 0 Å². The van der Waals surface area contributed by atoms with E-state index in [1.54, 1.807) is 24.3 Å². The summed E-state index contributed by atoms with van der Waals surface area (Å²) in [5.74, 6) is 2.65. The van der Waals surface area contributed by atoms with Crippen molar-refractivity contribution in [2.45, 2.75) is 273 Å². The lowest BCUT2D eigenvalue weighted by molar-refractivity contribution is 0.0945. The topological polar surface area (TPSA) is 155 Å². The monoisotopic (exact) mass is 1120 g/mol. The van der Waals surface area contributed by atoms with Crippen LogP contribution in [0.3, 0.4) is 0 Å². The highest BCUT2D eigenvalue weighted by Gasteiger charge is 2.21. The number of hydrogen-bond acceptors (Lipinski definition) is 9. The summed E-state index contributed by atoms with van der Waals surface area (Å²) in [5.41, 5.74) is 0.826. The Morgan fingerprint density at radius 3 is 0.713 bits per heavy atom. The Bertz CT molecular complexity index is 1620. The highest BCUT2D eigenvalue weighted by molar-refractivity contribution is 5.96. The molecule has 13 heteroatoms. The fourth-order valence-corrected chi connectivity index (χ4v) is 9.47. The minimum absolute atomic E-state index is 0.197. The van der Waals surface area contributed by atoms with Crippen LogP contribution in [0.5, 0.6) is 34.5 Å². The van der Waals surface area contributed by atoms with E-state index in [-0.39, 0.29) is 38.0 Å². The molecule has 0 aliphatic rings. The molecule has 2 aromatic carbocycles. The van der Waals surface area contributed by atoms with E-state index >= 15 is 0 Å². The van der Waals surface area contributed by atoms with Gasteiger partial charge in [0, 0.05) is 37.3 Å². The Balaban J connectivity index is 2.11. The summed E-state index contributed by atoms with van der Waals surface area (Å²) in [7, 11) is 0. The van der Waals surface area contributed by atoms with Crippen molar-refractivity contribution in [3.05, 3.63) is 35.4 Å². The number of urea groups is 1. The third kappa shape index (κ3) is 36.0. The lowest BCUT2D eigenvalue weighted by Gasteiger charge is -2.19. The Morgan fingerprint density at radius 1 is 0.275 bits per heavy atom. The molecule has 13 nitrogen and oxygen atoms in total. The predicted molar refractivity (Wildman–Crippen MR) is 332 cm³/mol. The molecule has 0 saturated carbocycles. The van der Waals surface area contributed by atoms with Crippen molar-refractivity contribution in [2.24, 2.45) is 0 Å². The van der Waals surface area contributed by atoms with E-state index in [0.29, 0.717) is 85.3 Å². The number of nitrogens with one attached hydrogen (secondary N) is 4. The summed E-state index contributed by atoms with van der Waals surface area (Å²) in [6.07, 6.45) is 41.2. The molecule has 0 heterocycles. The second-order valence-corrected chi connectivity index (χ2v) is 22.0. The average molecular weight is 1120 g/mol. The molecule has 0 unspecified atom stereocenters. The van der Waals surface area contributed by atoms with Crippen LogP contribution in [0.2, 0.25) is 0 Å². The van der Waals surface area contributed by atoms with Crippen LogP contribution in [0, 0.1) is 0 Å². The molecule has 4 N–H and O–H groups in total. The second kappa shape index (κ2) is 51.3. The van der Waals surface area contributed by atoms with Crippen LogP contribution in [-0.4, -0.2) is 83.7 Å². The molecule has 2 aromatic rings. The zero-order valence-electron chi connectivity index (χ0n) is 52.0. The first-order valence-corrected chi connectivity index (χ1v) is 33.0. The fraction of sp³-hybridized carbons (Fsp3) is 0.776. The van der Waals surface area contributed by atoms with Crippen LogP contribution in [0.15, 0.2) is 24.3 Å². The molecule has 0 aliphatic heterocycles. The number of benzene rings is 2. The quantitative estimate of drug-likeness (QED) is 0.0474. The Morgan fingerprint density at radius 2 is 0.475 bits per heavy atom. The number of amides is 4. The van der Waals surface area contributed by atoms with Gasteiger partial charge in [0.25, 0.3) is 11.8 Å². The third-order valence-electron chi connectivity index (χ3n) is 14.5. The first-order valence-electron chi connectivity index (χ1n) is 33.0. The molecule has 0 bridgehead atoms. The largest absolute Gasteiger partial charge is 0.490 e. The van der Waals surface area contributed by atoms with Gasteiger partial charge >= 0.3 is 6.03 Å². The summed E-state index contributed by atoms with van der Waals surface area (Å²) in [6, 6.07) is 6.66. The van der Waals surface area contributed by atoms with E-state index in [2.05, 4.69) is 62.8 Å². The smallest absolute Gasteiger partial charge is 0.314 e. The molecule has 0 atom stereocenters. The molecule has 0 saturated heterocycles. The molecule has 0 aliphatic carbocycles. The summed E-state index contributed by atoms with van der Waals surface area (Å²) in [4.78, 5) is 40.4. The van der Waals surface area contributed by atoms with Gasteiger partial charge in [-0.2, -0.15) is 0 Å². The third-order valence-corrected chi connectivity index (χ3v) is 14.5. The molecule has 80 heavy (non-hydrogen) atoms. The van der Waals surface area contributed by atoms with Gasteiger partial charge in [-0.3, -0.25) is 9.59 Å². The van der Waals surface area contributed by atoms with E-state index in [1.165, 1.54) is 154 Å². The first kappa shape index (κ1) is 71.6. The molecule has 0 aromatic heterocycles. The minimum Gasteiger partial charge on any atom is -0.490 e. The van der Waals surface area contributed by atoms with E-state index in [0.717, 1.165) is 77.0 Å². The van der Waals surface area contributed by atoms with E-state index < -0.39 is 6.03 Å². The fourth-order valence-electron chi connectivity index (χ4n) is 9.47. The maximum absolute atomic E-state index is 13.8. The number of unbranched alkanes of at least 4 members (excludes halogenated alkanes) is 30. The number of carbonyl (C=O) groups excluding carboxylic acids is 3. The van der Waals surface area contributed by atoms with Gasteiger partial charge in [-0.25, -0.2) is 4.79 Å². The minimum atomic E-state index is -0.404. The molecular formula is C67H118N4O9. The van der Waals surface area contributed by atoms with Gasteiger partial charge < -0.3 is 49.7 Å². The van der Waals surface area contributed by atoms with Gasteiger partial charge in [-0.05, 0) is 62.8 Å². The Hall–Kier alpha value is -4.55. The molecule has 0 spiro atoms. The lowest BCUT2D eigenvalue weighted by Crippen LogP contribution is -2.43. The zero-order valence-corrected chi connectivity index (χ0v) is 52.0. The van der Waals surface area contributed by atoms with Gasteiger partial charge in [0.05, 0.1) is 39.6 Å². The van der Waals surface area contributed by atoms with Crippen LogP contribution in [0.25, 0.3) is 0 Å². The van der Waals surface area contributed by atoms with Crippen LogP contribution in [0.1, 0.15) is 293 Å². The second-order valence-electron chi connectivity index (χ2n) is 22.0. The van der Waals surface area contributed by atoms with E-state index in [1.807, 2.05) is 0 Å².